The van der Waals surface area contributed by atoms with E-state index in [2.05, 4.69) is 26.2 Å². The van der Waals surface area contributed by atoms with Crippen LogP contribution in [0.5, 0.6) is 0 Å². The molecule has 0 saturated carbocycles. The van der Waals surface area contributed by atoms with Crippen LogP contribution < -0.4 is 5.32 Å². The number of hydrogen-bond acceptors (Lipinski definition) is 5. The summed E-state index contributed by atoms with van der Waals surface area (Å²) < 4.78 is 5.80. The third-order valence-corrected chi connectivity index (χ3v) is 4.03. The van der Waals surface area contributed by atoms with E-state index in [1.165, 1.54) is 18.4 Å². The largest absolute Gasteiger partial charge is 0.468 e. The fourth-order valence-electron chi connectivity index (χ4n) is 1.66. The average Bonchev–Trinajstić information content (AvgIpc) is 2.85. The number of methoxy groups -OCH3 is 1. The Kier molecular flexibility index (Phi) is 5.07. The van der Waals surface area contributed by atoms with Crippen molar-refractivity contribution in [1.29, 1.82) is 0 Å². The minimum Gasteiger partial charge on any atom is -0.468 e. The third kappa shape index (κ3) is 3.86. The molecule has 2 aromatic rings. The van der Waals surface area contributed by atoms with E-state index in [0.29, 0.717) is 6.54 Å². The van der Waals surface area contributed by atoms with Crippen molar-refractivity contribution in [3.05, 3.63) is 50.9 Å². The molecule has 0 amide bonds. The molecule has 0 aliphatic heterocycles. The molecule has 6 heteroatoms. The number of carbonyl (C=O) groups is 1. The molecule has 0 bridgehead atoms. The van der Waals surface area contributed by atoms with Crippen molar-refractivity contribution >= 4 is 33.2 Å². The van der Waals surface area contributed by atoms with Gasteiger partial charge in [0, 0.05) is 6.54 Å². The summed E-state index contributed by atoms with van der Waals surface area (Å²) in [7, 11) is 1.39. The van der Waals surface area contributed by atoms with Crippen LogP contribution in [0.1, 0.15) is 16.6 Å². The van der Waals surface area contributed by atoms with E-state index in [0.717, 1.165) is 14.4 Å². The van der Waals surface area contributed by atoms with Crippen LogP contribution in [0, 0.1) is 0 Å². The Hall–Kier alpha value is -1.24. The van der Waals surface area contributed by atoms with Gasteiger partial charge in [0.05, 0.1) is 17.1 Å². The number of nitrogens with one attached hydrogen (secondary N) is 1. The number of rotatable bonds is 5. The SMILES string of the molecule is COC(=O)C(NCc1ncc(Br)s1)c1ccccc1. The molecule has 1 aromatic heterocycles. The molecule has 19 heavy (non-hydrogen) atoms. The van der Waals surface area contributed by atoms with E-state index < -0.39 is 6.04 Å². The van der Waals surface area contributed by atoms with Crippen molar-refractivity contribution in [2.24, 2.45) is 0 Å². The van der Waals surface area contributed by atoms with Gasteiger partial charge in [-0.2, -0.15) is 0 Å². The Morgan fingerprint density at radius 1 is 1.47 bits per heavy atom. The Labute approximate surface area is 124 Å². The molecular weight excluding hydrogens is 328 g/mol. The molecule has 1 atom stereocenters. The fraction of sp³-hybridized carbons (Fsp3) is 0.231. The molecule has 1 aromatic carbocycles. The van der Waals surface area contributed by atoms with Gasteiger partial charge in [-0.1, -0.05) is 30.3 Å². The van der Waals surface area contributed by atoms with E-state index in [-0.39, 0.29) is 5.97 Å². The lowest BCUT2D eigenvalue weighted by atomic mass is 10.1. The number of esters is 1. The lowest BCUT2D eigenvalue weighted by Gasteiger charge is -2.15. The molecular formula is C13H13BrN2O2S. The van der Waals surface area contributed by atoms with Crippen molar-refractivity contribution in [3.8, 4) is 0 Å². The Balaban J connectivity index is 2.09. The second-order valence-corrected chi connectivity index (χ2v) is 6.30. The van der Waals surface area contributed by atoms with E-state index in [1.807, 2.05) is 30.3 Å². The van der Waals surface area contributed by atoms with Crippen molar-refractivity contribution in [2.45, 2.75) is 12.6 Å². The van der Waals surface area contributed by atoms with Gasteiger partial charge >= 0.3 is 5.97 Å². The van der Waals surface area contributed by atoms with Gasteiger partial charge < -0.3 is 4.74 Å². The molecule has 2 rings (SSSR count). The zero-order valence-corrected chi connectivity index (χ0v) is 12.7. The summed E-state index contributed by atoms with van der Waals surface area (Å²) in [5.41, 5.74) is 0.880. The number of halogens is 1. The van der Waals surface area contributed by atoms with Gasteiger partial charge in [0.1, 0.15) is 11.0 Å². The molecule has 0 aliphatic rings. The van der Waals surface area contributed by atoms with Crippen LogP contribution in [0.3, 0.4) is 0 Å². The zero-order chi connectivity index (χ0) is 13.7. The highest BCUT2D eigenvalue weighted by atomic mass is 79.9. The lowest BCUT2D eigenvalue weighted by molar-refractivity contribution is -0.143. The first-order valence-corrected chi connectivity index (χ1v) is 7.28. The Morgan fingerprint density at radius 3 is 2.79 bits per heavy atom. The number of benzene rings is 1. The number of hydrogen-bond donors (Lipinski definition) is 1. The first-order chi connectivity index (χ1) is 9.20. The molecule has 0 radical (unpaired) electrons. The normalized spacial score (nSPS) is 12.1. The zero-order valence-electron chi connectivity index (χ0n) is 10.3. The van der Waals surface area contributed by atoms with Gasteiger partial charge in [-0.05, 0) is 21.5 Å². The Morgan fingerprint density at radius 2 is 2.21 bits per heavy atom. The van der Waals surface area contributed by atoms with Gasteiger partial charge in [0.2, 0.25) is 0 Å². The molecule has 1 heterocycles. The van der Waals surface area contributed by atoms with Crippen molar-refractivity contribution in [1.82, 2.24) is 10.3 Å². The van der Waals surface area contributed by atoms with Gasteiger partial charge in [-0.15, -0.1) is 11.3 Å². The fourth-order valence-corrected chi connectivity index (χ4v) is 2.91. The second-order valence-electron chi connectivity index (χ2n) is 3.81. The van der Waals surface area contributed by atoms with Gasteiger partial charge in [-0.3, -0.25) is 5.32 Å². The number of carbonyl (C=O) groups excluding carboxylic acids is 1. The predicted octanol–water partition coefficient (Wildman–Crippen LogP) is 2.91. The smallest absolute Gasteiger partial charge is 0.327 e. The quantitative estimate of drug-likeness (QED) is 0.850. The summed E-state index contributed by atoms with van der Waals surface area (Å²) >= 11 is 4.90. The first-order valence-electron chi connectivity index (χ1n) is 5.67. The highest BCUT2D eigenvalue weighted by Gasteiger charge is 2.20. The van der Waals surface area contributed by atoms with Gasteiger partial charge in [0.25, 0.3) is 0 Å². The van der Waals surface area contributed by atoms with Crippen LogP contribution in [-0.2, 0) is 16.1 Å². The highest BCUT2D eigenvalue weighted by molar-refractivity contribution is 9.11. The standard InChI is InChI=1S/C13H13BrN2O2S/c1-18-13(17)12(9-5-3-2-4-6-9)16-8-11-15-7-10(14)19-11/h2-7,12,16H,8H2,1H3. The second kappa shape index (κ2) is 6.79. The number of aromatic nitrogens is 1. The maximum absolute atomic E-state index is 11.8. The van der Waals surface area contributed by atoms with Crippen LogP contribution >= 0.6 is 27.3 Å². The monoisotopic (exact) mass is 340 g/mol. The van der Waals surface area contributed by atoms with Crippen LogP contribution in [0.15, 0.2) is 40.3 Å². The summed E-state index contributed by atoms with van der Waals surface area (Å²) in [6, 6.07) is 9.02. The maximum Gasteiger partial charge on any atom is 0.327 e. The summed E-state index contributed by atoms with van der Waals surface area (Å²) in [5.74, 6) is -0.304. The van der Waals surface area contributed by atoms with Crippen molar-refractivity contribution in [2.75, 3.05) is 7.11 Å². The highest BCUT2D eigenvalue weighted by Crippen LogP contribution is 2.20. The first kappa shape index (κ1) is 14.2. The van der Waals surface area contributed by atoms with E-state index in [1.54, 1.807) is 6.20 Å². The summed E-state index contributed by atoms with van der Waals surface area (Å²) in [6.45, 7) is 0.519. The Bertz CT molecular complexity index is 545. The average molecular weight is 341 g/mol. The number of nitrogens with zero attached hydrogens (tertiary/aromatic N) is 1. The number of ether oxygens (including phenoxy) is 1. The molecule has 1 N–H and O–H groups in total. The maximum atomic E-state index is 11.8. The molecule has 100 valence electrons. The van der Waals surface area contributed by atoms with Crippen molar-refractivity contribution in [3.63, 3.8) is 0 Å². The lowest BCUT2D eigenvalue weighted by Crippen LogP contribution is -2.29. The molecule has 0 fully saturated rings. The summed E-state index contributed by atoms with van der Waals surface area (Å²) in [4.78, 5) is 16.1. The van der Waals surface area contributed by atoms with Crippen LogP contribution in [-0.4, -0.2) is 18.1 Å². The van der Waals surface area contributed by atoms with E-state index in [4.69, 9.17) is 4.74 Å². The van der Waals surface area contributed by atoms with Crippen LogP contribution in [0.2, 0.25) is 0 Å². The molecule has 0 aliphatic carbocycles. The number of thiazole rings is 1. The van der Waals surface area contributed by atoms with Crippen LogP contribution in [0.25, 0.3) is 0 Å². The summed E-state index contributed by atoms with van der Waals surface area (Å²) in [5, 5.41) is 4.08. The van der Waals surface area contributed by atoms with Crippen molar-refractivity contribution < 1.29 is 9.53 Å². The van der Waals surface area contributed by atoms with E-state index in [9.17, 15) is 4.79 Å². The van der Waals surface area contributed by atoms with Gasteiger partial charge in [-0.25, -0.2) is 9.78 Å². The molecule has 1 unspecified atom stereocenters. The summed E-state index contributed by atoms with van der Waals surface area (Å²) in [6.07, 6.45) is 1.75. The topological polar surface area (TPSA) is 51.2 Å². The van der Waals surface area contributed by atoms with Gasteiger partial charge in [0.15, 0.2) is 0 Å². The predicted molar refractivity (Wildman–Crippen MR) is 77.9 cm³/mol. The molecule has 0 saturated heterocycles. The minimum atomic E-state index is -0.478. The minimum absolute atomic E-state index is 0.304. The molecule has 0 spiro atoms. The van der Waals surface area contributed by atoms with E-state index >= 15 is 0 Å². The third-order valence-electron chi connectivity index (χ3n) is 2.55. The molecule has 4 nitrogen and oxygen atoms in total. The van der Waals surface area contributed by atoms with Crippen LogP contribution in [0.4, 0.5) is 0 Å².